The molecule has 2 aromatic rings. The smallest absolute Gasteiger partial charge is 0.238 e. The quantitative estimate of drug-likeness (QED) is 0.800. The molecule has 0 aromatic heterocycles. The molecule has 0 bridgehead atoms. The lowest BCUT2D eigenvalue weighted by atomic mass is 10.1. The first kappa shape index (κ1) is 19.6. The van der Waals surface area contributed by atoms with Crippen LogP contribution in [0, 0.1) is 12.7 Å². The molecule has 6 heteroatoms. The molecule has 0 fully saturated rings. The number of nitrogens with zero attached hydrogens (tertiary/aromatic N) is 1. The third-order valence-electron chi connectivity index (χ3n) is 3.97. The summed E-state index contributed by atoms with van der Waals surface area (Å²) in [5, 5.41) is 5.54. The monoisotopic (exact) mass is 357 g/mol. The summed E-state index contributed by atoms with van der Waals surface area (Å²) in [5.41, 5.74) is 3.05. The Morgan fingerprint density at radius 3 is 2.27 bits per heavy atom. The fraction of sp³-hybridized carbons (Fsp3) is 0.300. The van der Waals surface area contributed by atoms with Gasteiger partial charge in [-0.05, 0) is 49.7 Å². The standard InChI is InChI=1S/C20H24FN3O2/c1-4-15-7-5-6-8-17(15)22-19(25)12-24(3)13-20(26)23-18-11-16(21)10-9-14(18)2/h5-11H,4,12-13H2,1-3H3,(H,22,25)(H,23,26). The van der Waals surface area contributed by atoms with Gasteiger partial charge in [0.25, 0.3) is 0 Å². The number of benzene rings is 2. The summed E-state index contributed by atoms with van der Waals surface area (Å²) in [4.78, 5) is 25.9. The van der Waals surface area contributed by atoms with Gasteiger partial charge in [-0.2, -0.15) is 0 Å². The average Bonchev–Trinajstić information content (AvgIpc) is 2.58. The van der Waals surface area contributed by atoms with E-state index < -0.39 is 5.82 Å². The maximum absolute atomic E-state index is 13.3. The number of para-hydroxylation sites is 1. The van der Waals surface area contributed by atoms with Gasteiger partial charge in [0, 0.05) is 11.4 Å². The fourth-order valence-electron chi connectivity index (χ4n) is 2.61. The van der Waals surface area contributed by atoms with Crippen LogP contribution in [-0.4, -0.2) is 36.9 Å². The third kappa shape index (κ3) is 5.67. The normalized spacial score (nSPS) is 10.7. The topological polar surface area (TPSA) is 61.4 Å². The highest BCUT2D eigenvalue weighted by Crippen LogP contribution is 2.16. The molecule has 2 amide bonds. The van der Waals surface area contributed by atoms with Gasteiger partial charge in [-0.15, -0.1) is 0 Å². The Morgan fingerprint density at radius 1 is 1.00 bits per heavy atom. The van der Waals surface area contributed by atoms with Crippen LogP contribution in [0.1, 0.15) is 18.1 Å². The van der Waals surface area contributed by atoms with E-state index in [-0.39, 0.29) is 24.9 Å². The Kier molecular flexibility index (Phi) is 6.86. The van der Waals surface area contributed by atoms with Crippen LogP contribution in [0.5, 0.6) is 0 Å². The van der Waals surface area contributed by atoms with Crippen molar-refractivity contribution in [1.29, 1.82) is 0 Å². The number of anilines is 2. The Labute approximate surface area is 153 Å². The van der Waals surface area contributed by atoms with Crippen LogP contribution >= 0.6 is 0 Å². The van der Waals surface area contributed by atoms with Crippen molar-refractivity contribution in [1.82, 2.24) is 4.90 Å². The number of carbonyl (C=O) groups excluding carboxylic acids is 2. The Balaban J connectivity index is 1.87. The summed E-state index contributed by atoms with van der Waals surface area (Å²) in [7, 11) is 1.68. The molecular weight excluding hydrogens is 333 g/mol. The largest absolute Gasteiger partial charge is 0.325 e. The Morgan fingerprint density at radius 2 is 1.62 bits per heavy atom. The van der Waals surface area contributed by atoms with Crippen LogP contribution in [0.2, 0.25) is 0 Å². The van der Waals surface area contributed by atoms with Gasteiger partial charge in [0.1, 0.15) is 5.82 Å². The van der Waals surface area contributed by atoms with E-state index in [9.17, 15) is 14.0 Å². The molecule has 0 radical (unpaired) electrons. The van der Waals surface area contributed by atoms with Crippen molar-refractivity contribution < 1.29 is 14.0 Å². The molecule has 0 aliphatic rings. The molecule has 5 nitrogen and oxygen atoms in total. The molecule has 0 spiro atoms. The Bertz CT molecular complexity index is 792. The number of aryl methyl sites for hydroxylation is 2. The maximum atomic E-state index is 13.3. The first-order valence-corrected chi connectivity index (χ1v) is 8.51. The zero-order valence-corrected chi connectivity index (χ0v) is 15.3. The molecule has 2 rings (SSSR count). The number of rotatable bonds is 7. The number of amides is 2. The van der Waals surface area contributed by atoms with Gasteiger partial charge in [-0.25, -0.2) is 4.39 Å². The highest BCUT2D eigenvalue weighted by Gasteiger charge is 2.13. The second kappa shape index (κ2) is 9.10. The Hall–Kier alpha value is -2.73. The predicted molar refractivity (Wildman–Crippen MR) is 102 cm³/mol. The molecule has 0 saturated heterocycles. The fourth-order valence-corrected chi connectivity index (χ4v) is 2.61. The first-order chi connectivity index (χ1) is 12.4. The average molecular weight is 357 g/mol. The lowest BCUT2D eigenvalue weighted by molar-refractivity contribution is -0.119. The van der Waals surface area contributed by atoms with E-state index >= 15 is 0 Å². The van der Waals surface area contributed by atoms with E-state index in [0.717, 1.165) is 23.2 Å². The minimum atomic E-state index is -0.409. The molecule has 0 atom stereocenters. The van der Waals surface area contributed by atoms with Crippen molar-refractivity contribution in [2.24, 2.45) is 0 Å². The van der Waals surface area contributed by atoms with Crippen molar-refractivity contribution in [3.8, 4) is 0 Å². The van der Waals surface area contributed by atoms with Gasteiger partial charge < -0.3 is 10.6 Å². The van der Waals surface area contributed by atoms with Crippen LogP contribution in [0.15, 0.2) is 42.5 Å². The second-order valence-electron chi connectivity index (χ2n) is 6.24. The van der Waals surface area contributed by atoms with Gasteiger partial charge >= 0.3 is 0 Å². The van der Waals surface area contributed by atoms with Crippen molar-refractivity contribution in [2.75, 3.05) is 30.8 Å². The molecule has 0 saturated carbocycles. The van der Waals surface area contributed by atoms with Crippen LogP contribution in [0.25, 0.3) is 0 Å². The van der Waals surface area contributed by atoms with Crippen molar-refractivity contribution >= 4 is 23.2 Å². The number of carbonyl (C=O) groups is 2. The molecule has 0 unspecified atom stereocenters. The van der Waals surface area contributed by atoms with Crippen molar-refractivity contribution in [2.45, 2.75) is 20.3 Å². The summed E-state index contributed by atoms with van der Waals surface area (Å²) in [5.74, 6) is -0.903. The summed E-state index contributed by atoms with van der Waals surface area (Å²) < 4.78 is 13.3. The number of nitrogens with one attached hydrogen (secondary N) is 2. The number of hydrogen-bond donors (Lipinski definition) is 2. The maximum Gasteiger partial charge on any atom is 0.238 e. The van der Waals surface area contributed by atoms with E-state index in [2.05, 4.69) is 10.6 Å². The lowest BCUT2D eigenvalue weighted by Gasteiger charge is -2.17. The number of halogens is 1. The van der Waals surface area contributed by atoms with E-state index in [1.165, 1.54) is 12.1 Å². The summed E-state index contributed by atoms with van der Waals surface area (Å²) in [6.45, 7) is 3.92. The lowest BCUT2D eigenvalue weighted by Crippen LogP contribution is -2.36. The summed E-state index contributed by atoms with van der Waals surface area (Å²) in [6.07, 6.45) is 0.821. The molecule has 138 valence electrons. The summed E-state index contributed by atoms with van der Waals surface area (Å²) in [6, 6.07) is 11.8. The number of likely N-dealkylation sites (N-methyl/N-ethyl adjacent to an activating group) is 1. The van der Waals surface area contributed by atoms with E-state index in [0.29, 0.717) is 5.69 Å². The number of hydrogen-bond acceptors (Lipinski definition) is 3. The van der Waals surface area contributed by atoms with Gasteiger partial charge in [0.15, 0.2) is 0 Å². The first-order valence-electron chi connectivity index (χ1n) is 8.51. The van der Waals surface area contributed by atoms with Gasteiger partial charge in [-0.1, -0.05) is 31.2 Å². The second-order valence-corrected chi connectivity index (χ2v) is 6.24. The highest BCUT2D eigenvalue weighted by molar-refractivity contribution is 5.95. The molecule has 0 aliphatic carbocycles. The van der Waals surface area contributed by atoms with Crippen LogP contribution in [0.4, 0.5) is 15.8 Å². The van der Waals surface area contributed by atoms with Gasteiger partial charge in [0.2, 0.25) is 11.8 Å². The minimum Gasteiger partial charge on any atom is -0.325 e. The van der Waals surface area contributed by atoms with E-state index in [1.54, 1.807) is 24.9 Å². The minimum absolute atomic E-state index is 0.0266. The van der Waals surface area contributed by atoms with E-state index in [4.69, 9.17) is 0 Å². The molecule has 0 aliphatic heterocycles. The summed E-state index contributed by atoms with van der Waals surface area (Å²) >= 11 is 0. The van der Waals surface area contributed by atoms with Crippen molar-refractivity contribution in [3.63, 3.8) is 0 Å². The zero-order chi connectivity index (χ0) is 19.1. The molecule has 0 heterocycles. The molecule has 2 N–H and O–H groups in total. The van der Waals surface area contributed by atoms with Gasteiger partial charge in [0.05, 0.1) is 13.1 Å². The molecule has 26 heavy (non-hydrogen) atoms. The van der Waals surface area contributed by atoms with Crippen LogP contribution < -0.4 is 10.6 Å². The molecule has 2 aromatic carbocycles. The SMILES string of the molecule is CCc1ccccc1NC(=O)CN(C)CC(=O)Nc1cc(F)ccc1C. The van der Waals surface area contributed by atoms with Crippen molar-refractivity contribution in [3.05, 3.63) is 59.4 Å². The molecular formula is C20H24FN3O2. The predicted octanol–water partition coefficient (Wildman–Crippen LogP) is 3.21. The zero-order valence-electron chi connectivity index (χ0n) is 15.3. The van der Waals surface area contributed by atoms with Crippen LogP contribution in [-0.2, 0) is 16.0 Å². The van der Waals surface area contributed by atoms with Crippen LogP contribution in [0.3, 0.4) is 0 Å². The van der Waals surface area contributed by atoms with Gasteiger partial charge in [-0.3, -0.25) is 14.5 Å². The highest BCUT2D eigenvalue weighted by atomic mass is 19.1. The van der Waals surface area contributed by atoms with E-state index in [1.807, 2.05) is 31.2 Å². The third-order valence-corrected chi connectivity index (χ3v) is 3.97.